The molecule has 14 heteroatoms. The molecule has 1 unspecified atom stereocenters. The van der Waals surface area contributed by atoms with Gasteiger partial charge >= 0.3 is 0 Å². The van der Waals surface area contributed by atoms with Crippen molar-refractivity contribution >= 4 is 45.0 Å². The van der Waals surface area contributed by atoms with Crippen LogP contribution in [0.2, 0.25) is 10.0 Å². The highest BCUT2D eigenvalue weighted by Gasteiger charge is 2.28. The van der Waals surface area contributed by atoms with Crippen LogP contribution in [0.25, 0.3) is 0 Å². The molecule has 0 aliphatic carbocycles. The Morgan fingerprint density at radius 3 is 2.08 bits per heavy atom. The molecule has 48 heavy (non-hydrogen) atoms. The molecule has 0 aromatic heterocycles. The lowest BCUT2D eigenvalue weighted by atomic mass is 9.85. The van der Waals surface area contributed by atoms with E-state index < -0.39 is 10.0 Å². The average molecular weight is 722 g/mol. The summed E-state index contributed by atoms with van der Waals surface area (Å²) in [4.78, 5) is 26.4. The summed E-state index contributed by atoms with van der Waals surface area (Å²) >= 11 is 12.8. The maximum atomic E-state index is 13.0. The number of rotatable bonds is 18. The first kappa shape index (κ1) is 37.7. The van der Waals surface area contributed by atoms with Crippen LogP contribution in [0.1, 0.15) is 50.2 Å². The third-order valence-electron chi connectivity index (χ3n) is 7.62. The largest absolute Gasteiger partial charge is 0.378 e. The maximum Gasteiger partial charge on any atom is 0.251 e. The normalized spacial score (nSPS) is 14.8. The fourth-order valence-corrected chi connectivity index (χ4v) is 6.91. The Morgan fingerprint density at radius 2 is 1.44 bits per heavy atom. The van der Waals surface area contributed by atoms with E-state index in [1.807, 2.05) is 26.1 Å². The van der Waals surface area contributed by atoms with Crippen LogP contribution in [-0.2, 0) is 30.8 Å². The van der Waals surface area contributed by atoms with Crippen LogP contribution in [0.15, 0.2) is 65.6 Å². The molecule has 11 nitrogen and oxygen atoms in total. The fraction of sp³-hybridized carbons (Fsp3) is 0.412. The predicted molar refractivity (Wildman–Crippen MR) is 186 cm³/mol. The van der Waals surface area contributed by atoms with Crippen molar-refractivity contribution in [3.63, 3.8) is 0 Å². The topological polar surface area (TPSA) is 135 Å². The van der Waals surface area contributed by atoms with Gasteiger partial charge < -0.3 is 29.7 Å². The van der Waals surface area contributed by atoms with Gasteiger partial charge in [-0.3, -0.25) is 9.59 Å². The van der Waals surface area contributed by atoms with Gasteiger partial charge in [-0.1, -0.05) is 35.3 Å². The second-order valence-corrected chi connectivity index (χ2v) is 13.8. The van der Waals surface area contributed by atoms with Crippen LogP contribution < -0.4 is 15.4 Å². The predicted octanol–water partition coefficient (Wildman–Crippen LogP) is 4.08. The minimum Gasteiger partial charge on any atom is -0.378 e. The molecule has 1 atom stereocenters. The minimum atomic E-state index is -3.75. The number of benzene rings is 3. The summed E-state index contributed by atoms with van der Waals surface area (Å²) in [5.74, 6) is -0.502. The number of carbonyl (C=O) groups is 2. The van der Waals surface area contributed by atoms with Crippen molar-refractivity contribution in [2.45, 2.75) is 24.3 Å². The van der Waals surface area contributed by atoms with Crippen molar-refractivity contribution < 1.29 is 32.2 Å². The highest BCUT2D eigenvalue weighted by molar-refractivity contribution is 7.89. The van der Waals surface area contributed by atoms with Crippen LogP contribution in [0.4, 0.5) is 0 Å². The van der Waals surface area contributed by atoms with Gasteiger partial charge in [-0.2, -0.15) is 0 Å². The van der Waals surface area contributed by atoms with E-state index in [0.29, 0.717) is 80.4 Å². The van der Waals surface area contributed by atoms with Gasteiger partial charge in [-0.25, -0.2) is 13.1 Å². The molecule has 260 valence electrons. The molecule has 1 aliphatic heterocycles. The number of fused-ring (bicyclic) bond motifs is 1. The second-order valence-electron chi connectivity index (χ2n) is 11.2. The lowest BCUT2D eigenvalue weighted by Gasteiger charge is -2.33. The molecule has 0 saturated heterocycles. The van der Waals surface area contributed by atoms with Crippen molar-refractivity contribution in [3.8, 4) is 0 Å². The van der Waals surface area contributed by atoms with E-state index >= 15 is 0 Å². The summed E-state index contributed by atoms with van der Waals surface area (Å²) in [7, 11) is -1.75. The van der Waals surface area contributed by atoms with Gasteiger partial charge in [-0.05, 0) is 79.2 Å². The zero-order chi connectivity index (χ0) is 34.5. The number of hydrogen-bond acceptors (Lipinski definition) is 8. The van der Waals surface area contributed by atoms with Crippen LogP contribution in [0.5, 0.6) is 0 Å². The molecule has 3 N–H and O–H groups in total. The molecule has 3 aromatic carbocycles. The highest BCUT2D eigenvalue weighted by atomic mass is 35.5. The molecule has 4 rings (SSSR count). The van der Waals surface area contributed by atoms with Crippen LogP contribution >= 0.6 is 23.2 Å². The number of nitrogens with zero attached hydrogens (tertiary/aromatic N) is 1. The summed E-state index contributed by atoms with van der Waals surface area (Å²) in [5, 5.41) is 6.64. The van der Waals surface area contributed by atoms with Gasteiger partial charge in [0.25, 0.3) is 11.8 Å². The molecule has 2 amide bonds. The quantitative estimate of drug-likeness (QED) is 0.168. The maximum absolute atomic E-state index is 13.0. The Labute approximate surface area is 292 Å². The van der Waals surface area contributed by atoms with E-state index in [2.05, 4.69) is 20.3 Å². The van der Waals surface area contributed by atoms with Crippen molar-refractivity contribution in [2.24, 2.45) is 0 Å². The monoisotopic (exact) mass is 720 g/mol. The Bertz CT molecular complexity index is 1640. The van der Waals surface area contributed by atoms with Gasteiger partial charge in [0.05, 0.1) is 44.5 Å². The molecule has 0 fully saturated rings. The van der Waals surface area contributed by atoms with Crippen molar-refractivity contribution in [3.05, 3.63) is 98.5 Å². The number of nitrogens with one attached hydrogen (secondary N) is 3. The minimum absolute atomic E-state index is 0.0728. The molecule has 1 heterocycles. The molecule has 0 bridgehead atoms. The van der Waals surface area contributed by atoms with Gasteiger partial charge in [0.1, 0.15) is 0 Å². The summed E-state index contributed by atoms with van der Waals surface area (Å²) in [6, 6.07) is 17.0. The first-order valence-electron chi connectivity index (χ1n) is 15.7. The third kappa shape index (κ3) is 11.0. The zero-order valence-corrected chi connectivity index (χ0v) is 29.4. The number of likely N-dealkylation sites (N-methyl/N-ethyl adjacent to an activating group) is 1. The number of hydrogen-bond donors (Lipinski definition) is 3. The van der Waals surface area contributed by atoms with Crippen LogP contribution in [0, 0.1) is 0 Å². The molecule has 0 spiro atoms. The smallest absolute Gasteiger partial charge is 0.251 e. The Kier molecular flexibility index (Phi) is 14.6. The zero-order valence-electron chi connectivity index (χ0n) is 27.1. The van der Waals surface area contributed by atoms with Crippen LogP contribution in [0.3, 0.4) is 0 Å². The standard InChI is InChI=1S/C34H42Cl2N4O7S/c1-3-37-33(41)24-7-9-25(10-8-24)34(42)38-11-13-45-15-17-47-18-16-46-14-12-39-48(43,44)28-6-4-5-26(19-28)30-22-40(2)23-31-29(30)20-27(35)21-32(31)36/h4-10,19-21,30,39H,3,11-18,22-23H2,1-2H3,(H,37,41)(H,38,42). The lowest BCUT2D eigenvalue weighted by molar-refractivity contribution is 0.0162. The molecule has 3 aromatic rings. The van der Waals surface area contributed by atoms with Crippen molar-refractivity contribution in [1.82, 2.24) is 20.3 Å². The third-order valence-corrected chi connectivity index (χ3v) is 9.64. The van der Waals surface area contributed by atoms with Gasteiger partial charge in [0.2, 0.25) is 10.0 Å². The Hall–Kier alpha value is -3.07. The van der Waals surface area contributed by atoms with E-state index in [-0.39, 0.29) is 35.8 Å². The van der Waals surface area contributed by atoms with Gasteiger partial charge in [0.15, 0.2) is 0 Å². The summed E-state index contributed by atoms with van der Waals surface area (Å²) in [5.41, 5.74) is 3.84. The fourth-order valence-electron chi connectivity index (χ4n) is 5.28. The highest BCUT2D eigenvalue weighted by Crippen LogP contribution is 2.38. The van der Waals surface area contributed by atoms with E-state index in [1.54, 1.807) is 48.5 Å². The van der Waals surface area contributed by atoms with Crippen LogP contribution in [-0.4, -0.2) is 98.0 Å². The second kappa shape index (κ2) is 18.6. The van der Waals surface area contributed by atoms with E-state index in [4.69, 9.17) is 37.4 Å². The van der Waals surface area contributed by atoms with Gasteiger partial charge in [0, 0.05) is 59.8 Å². The van der Waals surface area contributed by atoms with Crippen molar-refractivity contribution in [1.29, 1.82) is 0 Å². The van der Waals surface area contributed by atoms with Crippen molar-refractivity contribution in [2.75, 3.05) is 72.9 Å². The van der Waals surface area contributed by atoms with E-state index in [0.717, 1.165) is 16.7 Å². The number of ether oxygens (including phenoxy) is 3. The van der Waals surface area contributed by atoms with E-state index in [9.17, 15) is 18.0 Å². The lowest BCUT2D eigenvalue weighted by Crippen LogP contribution is -2.31. The summed E-state index contributed by atoms with van der Waals surface area (Å²) in [6.45, 7) is 6.04. The number of halogens is 2. The van der Waals surface area contributed by atoms with Gasteiger partial charge in [-0.15, -0.1) is 0 Å². The number of amides is 2. The molecule has 1 aliphatic rings. The molecular formula is C34H42Cl2N4O7S. The van der Waals surface area contributed by atoms with E-state index in [1.165, 1.54) is 0 Å². The summed E-state index contributed by atoms with van der Waals surface area (Å²) in [6.07, 6.45) is 0. The number of sulfonamides is 1. The number of carbonyl (C=O) groups excluding carboxylic acids is 2. The Balaban J connectivity index is 1.07. The molecular weight excluding hydrogens is 679 g/mol. The first-order chi connectivity index (χ1) is 23.1. The summed E-state index contributed by atoms with van der Waals surface area (Å²) < 4.78 is 45.1. The molecule has 0 saturated carbocycles. The first-order valence-corrected chi connectivity index (χ1v) is 18.0. The SMILES string of the molecule is CCNC(=O)c1ccc(C(=O)NCCOCCOCCOCCNS(=O)(=O)c2cccc(C3CN(C)Cc4c(Cl)cc(Cl)cc43)c2)cc1. The molecule has 0 radical (unpaired) electrons. The average Bonchev–Trinajstić information content (AvgIpc) is 3.07. The Morgan fingerprint density at radius 1 is 0.833 bits per heavy atom.